The first-order valence-corrected chi connectivity index (χ1v) is 6.09. The lowest BCUT2D eigenvalue weighted by molar-refractivity contribution is 0.399. The van der Waals surface area contributed by atoms with Crippen molar-refractivity contribution in [2.45, 2.75) is 19.8 Å². The number of aromatic nitrogens is 1. The lowest BCUT2D eigenvalue weighted by Gasteiger charge is -2.06. The first-order valence-electron chi connectivity index (χ1n) is 6.09. The van der Waals surface area contributed by atoms with E-state index in [9.17, 15) is 0 Å². The summed E-state index contributed by atoms with van der Waals surface area (Å²) in [4.78, 5) is 0. The van der Waals surface area contributed by atoms with Crippen LogP contribution in [0.3, 0.4) is 0 Å². The van der Waals surface area contributed by atoms with E-state index in [0.717, 1.165) is 42.9 Å². The Kier molecular flexibility index (Phi) is 2.69. The second-order valence-corrected chi connectivity index (χ2v) is 4.56. The first kappa shape index (κ1) is 10.5. The Morgan fingerprint density at radius 2 is 1.94 bits per heavy atom. The Bertz CT molecular complexity index is 531. The molecule has 3 nitrogen and oxygen atoms in total. The second kappa shape index (κ2) is 4.34. The van der Waals surface area contributed by atoms with Crippen LogP contribution in [0.1, 0.15) is 16.9 Å². The van der Waals surface area contributed by atoms with Gasteiger partial charge in [0.05, 0.1) is 0 Å². The van der Waals surface area contributed by atoms with Gasteiger partial charge in [0.2, 0.25) is 0 Å². The molecule has 1 aromatic carbocycles. The molecule has 0 bridgehead atoms. The first-order chi connectivity index (χ1) is 8.33. The monoisotopic (exact) mass is 228 g/mol. The number of rotatable bonds is 1. The highest BCUT2D eigenvalue weighted by Crippen LogP contribution is 2.23. The van der Waals surface area contributed by atoms with Gasteiger partial charge in [-0.25, -0.2) is 0 Å². The zero-order valence-electron chi connectivity index (χ0n) is 9.99. The lowest BCUT2D eigenvalue weighted by atomic mass is 9.99. The Hall–Kier alpha value is -1.61. The molecule has 1 aliphatic heterocycles. The van der Waals surface area contributed by atoms with Crippen molar-refractivity contribution in [1.29, 1.82) is 0 Å². The maximum absolute atomic E-state index is 5.13. The van der Waals surface area contributed by atoms with Crippen LogP contribution in [-0.4, -0.2) is 18.2 Å². The van der Waals surface area contributed by atoms with Crippen LogP contribution in [-0.2, 0) is 12.8 Å². The summed E-state index contributed by atoms with van der Waals surface area (Å²) in [6.07, 6.45) is 2.22. The topological polar surface area (TPSA) is 38.1 Å². The molecular weight excluding hydrogens is 212 g/mol. The highest BCUT2D eigenvalue weighted by atomic mass is 16.5. The summed E-state index contributed by atoms with van der Waals surface area (Å²) in [5, 5.41) is 7.49. The molecule has 0 atom stereocenters. The van der Waals surface area contributed by atoms with Crippen LogP contribution in [0, 0.1) is 6.92 Å². The zero-order valence-corrected chi connectivity index (χ0v) is 9.99. The molecule has 0 unspecified atom stereocenters. The second-order valence-electron chi connectivity index (χ2n) is 4.56. The summed E-state index contributed by atoms with van der Waals surface area (Å²) in [7, 11) is 0. The van der Waals surface area contributed by atoms with E-state index >= 15 is 0 Å². The SMILES string of the molecule is Cc1cc(-c2ccc3c(c2)CCNCC3)no1. The summed E-state index contributed by atoms with van der Waals surface area (Å²) < 4.78 is 5.13. The van der Waals surface area contributed by atoms with E-state index in [-0.39, 0.29) is 0 Å². The molecule has 3 rings (SSSR count). The van der Waals surface area contributed by atoms with Crippen molar-refractivity contribution in [2.24, 2.45) is 0 Å². The molecule has 0 radical (unpaired) electrons. The van der Waals surface area contributed by atoms with Gasteiger partial charge in [-0.2, -0.15) is 0 Å². The van der Waals surface area contributed by atoms with Crippen LogP contribution in [0.4, 0.5) is 0 Å². The van der Waals surface area contributed by atoms with Gasteiger partial charge >= 0.3 is 0 Å². The van der Waals surface area contributed by atoms with Crippen LogP contribution < -0.4 is 5.32 Å². The smallest absolute Gasteiger partial charge is 0.134 e. The van der Waals surface area contributed by atoms with Crippen molar-refractivity contribution < 1.29 is 4.52 Å². The van der Waals surface area contributed by atoms with Gasteiger partial charge in [0.15, 0.2) is 0 Å². The molecule has 1 aliphatic rings. The molecule has 17 heavy (non-hydrogen) atoms. The van der Waals surface area contributed by atoms with Crippen LogP contribution >= 0.6 is 0 Å². The summed E-state index contributed by atoms with van der Waals surface area (Å²) in [6.45, 7) is 4.06. The molecule has 0 amide bonds. The van der Waals surface area contributed by atoms with E-state index in [1.807, 2.05) is 13.0 Å². The molecule has 3 heteroatoms. The van der Waals surface area contributed by atoms with Crippen LogP contribution in [0.5, 0.6) is 0 Å². The molecule has 1 aromatic heterocycles. The van der Waals surface area contributed by atoms with Crippen LogP contribution in [0.2, 0.25) is 0 Å². The fourth-order valence-corrected chi connectivity index (χ4v) is 2.34. The highest BCUT2D eigenvalue weighted by molar-refractivity contribution is 5.61. The van der Waals surface area contributed by atoms with Crippen molar-refractivity contribution in [2.75, 3.05) is 13.1 Å². The minimum absolute atomic E-state index is 0.858. The van der Waals surface area contributed by atoms with E-state index in [1.54, 1.807) is 0 Å². The van der Waals surface area contributed by atoms with Gasteiger partial charge in [0.1, 0.15) is 11.5 Å². The predicted octanol–water partition coefficient (Wildman–Crippen LogP) is 2.34. The number of aryl methyl sites for hydroxylation is 1. The summed E-state index contributed by atoms with van der Waals surface area (Å²) in [5.74, 6) is 0.858. The molecule has 2 heterocycles. The van der Waals surface area contributed by atoms with Crippen molar-refractivity contribution in [3.8, 4) is 11.3 Å². The number of fused-ring (bicyclic) bond motifs is 1. The van der Waals surface area contributed by atoms with E-state index in [4.69, 9.17) is 4.52 Å². The molecule has 0 saturated carbocycles. The molecule has 0 fully saturated rings. The third kappa shape index (κ3) is 2.11. The van der Waals surface area contributed by atoms with Gasteiger partial charge in [-0.15, -0.1) is 0 Å². The number of nitrogens with zero attached hydrogens (tertiary/aromatic N) is 1. The Balaban J connectivity index is 2.00. The van der Waals surface area contributed by atoms with E-state index in [0.29, 0.717) is 0 Å². The molecule has 0 spiro atoms. The number of hydrogen-bond acceptors (Lipinski definition) is 3. The highest BCUT2D eigenvalue weighted by Gasteiger charge is 2.10. The average molecular weight is 228 g/mol. The van der Waals surface area contributed by atoms with Crippen molar-refractivity contribution >= 4 is 0 Å². The summed E-state index contributed by atoms with van der Waals surface area (Å²) >= 11 is 0. The lowest BCUT2D eigenvalue weighted by Crippen LogP contribution is -2.16. The van der Waals surface area contributed by atoms with Gasteiger partial charge in [0.25, 0.3) is 0 Å². The van der Waals surface area contributed by atoms with E-state index in [1.165, 1.54) is 11.1 Å². The van der Waals surface area contributed by atoms with Gasteiger partial charge in [-0.1, -0.05) is 17.3 Å². The van der Waals surface area contributed by atoms with Gasteiger partial charge in [-0.05, 0) is 50.0 Å². The van der Waals surface area contributed by atoms with Gasteiger partial charge < -0.3 is 9.84 Å². The average Bonchev–Trinajstić information content (AvgIpc) is 2.64. The van der Waals surface area contributed by atoms with Gasteiger partial charge in [0, 0.05) is 11.6 Å². The van der Waals surface area contributed by atoms with Crippen LogP contribution in [0.25, 0.3) is 11.3 Å². The maximum Gasteiger partial charge on any atom is 0.134 e. The van der Waals surface area contributed by atoms with Crippen molar-refractivity contribution in [3.05, 3.63) is 41.2 Å². The molecular formula is C14H16N2O. The molecule has 1 N–H and O–H groups in total. The number of benzene rings is 1. The Morgan fingerprint density at radius 1 is 1.12 bits per heavy atom. The maximum atomic E-state index is 5.13. The van der Waals surface area contributed by atoms with Crippen LogP contribution in [0.15, 0.2) is 28.8 Å². The minimum atomic E-state index is 0.858. The summed E-state index contributed by atoms with van der Waals surface area (Å²) in [6, 6.07) is 8.60. The normalized spacial score (nSPS) is 15.4. The van der Waals surface area contributed by atoms with E-state index in [2.05, 4.69) is 28.7 Å². The largest absolute Gasteiger partial charge is 0.361 e. The fraction of sp³-hybridized carbons (Fsp3) is 0.357. The number of nitrogens with one attached hydrogen (secondary N) is 1. The van der Waals surface area contributed by atoms with E-state index < -0.39 is 0 Å². The molecule has 2 aromatic rings. The third-order valence-electron chi connectivity index (χ3n) is 3.27. The molecule has 0 aliphatic carbocycles. The Labute approximate surface area is 101 Å². The zero-order chi connectivity index (χ0) is 11.7. The quantitative estimate of drug-likeness (QED) is 0.814. The predicted molar refractivity (Wildman–Crippen MR) is 67.0 cm³/mol. The fourth-order valence-electron chi connectivity index (χ4n) is 2.34. The number of hydrogen-bond donors (Lipinski definition) is 1. The Morgan fingerprint density at radius 3 is 2.71 bits per heavy atom. The molecule has 88 valence electrons. The van der Waals surface area contributed by atoms with Crippen molar-refractivity contribution in [3.63, 3.8) is 0 Å². The minimum Gasteiger partial charge on any atom is -0.361 e. The standard InChI is InChI=1S/C14H16N2O/c1-10-8-14(16-17-10)13-3-2-11-4-6-15-7-5-12(11)9-13/h2-3,8-9,15H,4-7H2,1H3. The van der Waals surface area contributed by atoms with Gasteiger partial charge in [-0.3, -0.25) is 0 Å². The van der Waals surface area contributed by atoms with Crippen molar-refractivity contribution in [1.82, 2.24) is 10.5 Å². The summed E-state index contributed by atoms with van der Waals surface area (Å²) in [5.41, 5.74) is 4.98. The third-order valence-corrected chi connectivity index (χ3v) is 3.27. The molecule has 0 saturated heterocycles.